The number of hydrogen-bond acceptors (Lipinski definition) is 4. The number of esters is 1. The van der Waals surface area contributed by atoms with Gasteiger partial charge in [-0.15, -0.1) is 12.4 Å². The van der Waals surface area contributed by atoms with Crippen LogP contribution in [0, 0.1) is 11.6 Å². The molecule has 7 heteroatoms. The van der Waals surface area contributed by atoms with Crippen LogP contribution >= 0.6 is 12.4 Å². The summed E-state index contributed by atoms with van der Waals surface area (Å²) in [4.78, 5) is 11.5. The van der Waals surface area contributed by atoms with Gasteiger partial charge in [0.25, 0.3) is 0 Å². The third-order valence-electron chi connectivity index (χ3n) is 3.10. The second-order valence-corrected chi connectivity index (χ2v) is 4.86. The van der Waals surface area contributed by atoms with E-state index in [4.69, 9.17) is 15.2 Å². The Morgan fingerprint density at radius 3 is 2.62 bits per heavy atom. The van der Waals surface area contributed by atoms with Gasteiger partial charge in [0.2, 0.25) is 0 Å². The summed E-state index contributed by atoms with van der Waals surface area (Å²) in [7, 11) is 0. The van der Waals surface area contributed by atoms with E-state index in [2.05, 4.69) is 0 Å². The molecule has 0 aliphatic rings. The quantitative estimate of drug-likeness (QED) is 0.789. The van der Waals surface area contributed by atoms with Gasteiger partial charge in [0.1, 0.15) is 11.6 Å². The number of nitrogens with two attached hydrogens (primary N) is 1. The zero-order valence-electron chi connectivity index (χ0n) is 13.0. The number of carbonyl (C=O) groups excluding carboxylic acids is 1. The van der Waals surface area contributed by atoms with Crippen LogP contribution in [0.15, 0.2) is 42.5 Å². The lowest BCUT2D eigenvalue weighted by molar-refractivity contribution is -0.143. The lowest BCUT2D eigenvalue weighted by Gasteiger charge is -2.13. The van der Waals surface area contributed by atoms with Crippen molar-refractivity contribution < 1.29 is 23.0 Å². The maximum atomic E-state index is 13.6. The van der Waals surface area contributed by atoms with Crippen LogP contribution in [-0.2, 0) is 9.53 Å². The Kier molecular flexibility index (Phi) is 7.61. The van der Waals surface area contributed by atoms with Gasteiger partial charge in [0, 0.05) is 12.1 Å². The highest BCUT2D eigenvalue weighted by Crippen LogP contribution is 2.27. The number of halogens is 3. The minimum atomic E-state index is -0.800. The molecule has 0 spiro atoms. The Hall–Kier alpha value is -2.18. The number of benzene rings is 2. The topological polar surface area (TPSA) is 61.5 Å². The van der Waals surface area contributed by atoms with Crippen molar-refractivity contribution >= 4 is 18.4 Å². The third-order valence-corrected chi connectivity index (χ3v) is 3.10. The lowest BCUT2D eigenvalue weighted by Crippen LogP contribution is -2.17. The highest BCUT2D eigenvalue weighted by Gasteiger charge is 2.14. The first-order chi connectivity index (χ1) is 11.0. The van der Waals surface area contributed by atoms with Crippen LogP contribution < -0.4 is 10.5 Å². The Morgan fingerprint density at radius 2 is 1.96 bits per heavy atom. The zero-order chi connectivity index (χ0) is 16.8. The smallest absolute Gasteiger partial charge is 0.307 e. The van der Waals surface area contributed by atoms with Crippen molar-refractivity contribution in [1.82, 2.24) is 0 Å². The second-order valence-electron chi connectivity index (χ2n) is 4.86. The predicted octanol–water partition coefficient (Wildman–Crippen LogP) is 4.13. The summed E-state index contributed by atoms with van der Waals surface area (Å²) in [6.07, 6.45) is 0.0300. The molecule has 0 aliphatic carbocycles. The molecule has 0 saturated carbocycles. The van der Waals surface area contributed by atoms with Crippen LogP contribution in [0.4, 0.5) is 8.78 Å². The third kappa shape index (κ3) is 5.47. The summed E-state index contributed by atoms with van der Waals surface area (Å²) in [6.45, 7) is 2.01. The van der Waals surface area contributed by atoms with E-state index in [1.807, 2.05) is 0 Å². The first-order valence-corrected chi connectivity index (χ1v) is 7.13. The van der Waals surface area contributed by atoms with Crippen LogP contribution in [-0.4, -0.2) is 12.6 Å². The molecule has 130 valence electrons. The SMILES string of the molecule is CCOC(=O)CC(N)c1cccc(Oc2ccc(F)cc2F)c1.Cl. The standard InChI is InChI=1S/C17H17F2NO3.ClH/c1-2-22-17(21)10-15(20)11-4-3-5-13(8-11)23-16-7-6-12(18)9-14(16)19;/h3-9,15H,2,10,20H2,1H3;1H. The lowest BCUT2D eigenvalue weighted by atomic mass is 10.0. The van der Waals surface area contributed by atoms with Gasteiger partial charge in [-0.3, -0.25) is 4.79 Å². The van der Waals surface area contributed by atoms with Gasteiger partial charge in [0.15, 0.2) is 11.6 Å². The first-order valence-electron chi connectivity index (χ1n) is 7.13. The minimum Gasteiger partial charge on any atom is -0.466 e. The van der Waals surface area contributed by atoms with Gasteiger partial charge in [-0.25, -0.2) is 8.78 Å². The molecule has 0 radical (unpaired) electrons. The molecule has 0 aliphatic heterocycles. The average Bonchev–Trinajstić information content (AvgIpc) is 2.50. The molecule has 0 heterocycles. The molecule has 4 nitrogen and oxygen atoms in total. The average molecular weight is 358 g/mol. The van der Waals surface area contributed by atoms with E-state index >= 15 is 0 Å². The fraction of sp³-hybridized carbons (Fsp3) is 0.235. The molecular formula is C17H18ClF2NO3. The maximum absolute atomic E-state index is 13.6. The van der Waals surface area contributed by atoms with E-state index in [1.165, 1.54) is 6.07 Å². The van der Waals surface area contributed by atoms with Crippen LogP contribution in [0.1, 0.15) is 24.9 Å². The number of hydrogen-bond donors (Lipinski definition) is 1. The molecule has 0 fully saturated rings. The van der Waals surface area contributed by atoms with Crippen molar-refractivity contribution in [3.8, 4) is 11.5 Å². The summed E-state index contributed by atoms with van der Waals surface area (Å²) >= 11 is 0. The van der Waals surface area contributed by atoms with E-state index in [9.17, 15) is 13.6 Å². The fourth-order valence-corrected chi connectivity index (χ4v) is 2.01. The van der Waals surface area contributed by atoms with E-state index in [0.29, 0.717) is 17.9 Å². The second kappa shape index (κ2) is 9.20. The van der Waals surface area contributed by atoms with E-state index in [0.717, 1.165) is 12.1 Å². The molecule has 2 N–H and O–H groups in total. The van der Waals surface area contributed by atoms with E-state index < -0.39 is 23.6 Å². The van der Waals surface area contributed by atoms with Gasteiger partial charge >= 0.3 is 5.97 Å². The van der Waals surface area contributed by atoms with Crippen LogP contribution in [0.2, 0.25) is 0 Å². The highest BCUT2D eigenvalue weighted by molar-refractivity contribution is 5.85. The van der Waals surface area contributed by atoms with Gasteiger partial charge in [0.05, 0.1) is 13.0 Å². The van der Waals surface area contributed by atoms with Crippen molar-refractivity contribution in [3.63, 3.8) is 0 Å². The molecule has 24 heavy (non-hydrogen) atoms. The zero-order valence-corrected chi connectivity index (χ0v) is 13.8. The van der Waals surface area contributed by atoms with Crippen molar-refractivity contribution in [3.05, 3.63) is 59.7 Å². The summed E-state index contributed by atoms with van der Waals surface area (Å²) in [6, 6.07) is 9.12. The molecule has 0 saturated heterocycles. The number of ether oxygens (including phenoxy) is 2. The summed E-state index contributed by atoms with van der Waals surface area (Å²) < 4.78 is 36.7. The van der Waals surface area contributed by atoms with Gasteiger partial charge in [-0.1, -0.05) is 12.1 Å². The molecule has 1 atom stereocenters. The molecule has 1 unspecified atom stereocenters. The van der Waals surface area contributed by atoms with Crippen LogP contribution in [0.25, 0.3) is 0 Å². The van der Waals surface area contributed by atoms with Crippen molar-refractivity contribution in [2.24, 2.45) is 5.73 Å². The van der Waals surface area contributed by atoms with Gasteiger partial charge in [-0.2, -0.15) is 0 Å². The minimum absolute atomic E-state index is 0. The maximum Gasteiger partial charge on any atom is 0.307 e. The Morgan fingerprint density at radius 1 is 1.21 bits per heavy atom. The fourth-order valence-electron chi connectivity index (χ4n) is 2.01. The largest absolute Gasteiger partial charge is 0.466 e. The molecule has 2 rings (SSSR count). The van der Waals surface area contributed by atoms with E-state index in [-0.39, 0.29) is 24.6 Å². The van der Waals surface area contributed by atoms with Crippen molar-refractivity contribution in [2.45, 2.75) is 19.4 Å². The van der Waals surface area contributed by atoms with E-state index in [1.54, 1.807) is 31.2 Å². The van der Waals surface area contributed by atoms with Crippen LogP contribution in [0.5, 0.6) is 11.5 Å². The van der Waals surface area contributed by atoms with Gasteiger partial charge < -0.3 is 15.2 Å². The predicted molar refractivity (Wildman–Crippen MR) is 88.3 cm³/mol. The Bertz CT molecular complexity index is 697. The van der Waals surface area contributed by atoms with Gasteiger partial charge in [-0.05, 0) is 36.8 Å². The summed E-state index contributed by atoms with van der Waals surface area (Å²) in [5.74, 6) is -1.63. The molecule has 2 aromatic rings. The molecule has 0 amide bonds. The molecule has 0 aromatic heterocycles. The first kappa shape index (κ1) is 19.9. The number of rotatable bonds is 6. The monoisotopic (exact) mass is 357 g/mol. The molecule has 2 aromatic carbocycles. The number of carbonyl (C=O) groups is 1. The highest BCUT2D eigenvalue weighted by atomic mass is 35.5. The Balaban J connectivity index is 0.00000288. The van der Waals surface area contributed by atoms with Crippen molar-refractivity contribution in [1.29, 1.82) is 0 Å². The molecular weight excluding hydrogens is 340 g/mol. The Labute approximate surface area is 145 Å². The molecule has 0 bridgehead atoms. The summed E-state index contributed by atoms with van der Waals surface area (Å²) in [5, 5.41) is 0. The van der Waals surface area contributed by atoms with Crippen LogP contribution in [0.3, 0.4) is 0 Å². The normalized spacial score (nSPS) is 11.3. The summed E-state index contributed by atoms with van der Waals surface area (Å²) in [5.41, 5.74) is 6.61. The van der Waals surface area contributed by atoms with Crippen molar-refractivity contribution in [2.75, 3.05) is 6.61 Å².